The average molecular weight is 493 g/mol. The predicted octanol–water partition coefficient (Wildman–Crippen LogP) is 2.62. The first kappa shape index (κ1) is 23.4. The van der Waals surface area contributed by atoms with Crippen molar-refractivity contribution < 1.29 is 18.0 Å². The lowest BCUT2D eigenvalue weighted by molar-refractivity contribution is -0.138. The second kappa shape index (κ2) is 9.75. The number of aromatic nitrogens is 1. The lowest BCUT2D eigenvalue weighted by atomic mass is 9.94. The van der Waals surface area contributed by atoms with Gasteiger partial charge >= 0.3 is 0 Å². The zero-order chi connectivity index (χ0) is 24.4. The molecule has 0 unspecified atom stereocenters. The standard InChI is InChI=1S/C26H28N4O4S/c31-25(29-15-17-30(18-16-29)35(33,34)22-7-4-12-27-19-22)21-10-13-28(14-11-21)26(32)24-9-3-6-20-5-1-2-8-23(20)24/h1-9,12,19,21H,10-11,13-18H2. The quantitative estimate of drug-likeness (QED) is 0.559. The zero-order valence-corrected chi connectivity index (χ0v) is 20.2. The van der Waals surface area contributed by atoms with E-state index < -0.39 is 10.0 Å². The van der Waals surface area contributed by atoms with Crippen molar-refractivity contribution in [3.8, 4) is 0 Å². The van der Waals surface area contributed by atoms with Crippen LogP contribution in [0.2, 0.25) is 0 Å². The summed E-state index contributed by atoms with van der Waals surface area (Å²) in [7, 11) is -3.61. The van der Waals surface area contributed by atoms with Crippen LogP contribution in [0.1, 0.15) is 23.2 Å². The molecule has 35 heavy (non-hydrogen) atoms. The summed E-state index contributed by atoms with van der Waals surface area (Å²) >= 11 is 0. The van der Waals surface area contributed by atoms with Gasteiger partial charge in [-0.15, -0.1) is 0 Å². The summed E-state index contributed by atoms with van der Waals surface area (Å²) in [5, 5.41) is 1.98. The van der Waals surface area contributed by atoms with Crippen molar-refractivity contribution >= 4 is 32.6 Å². The van der Waals surface area contributed by atoms with E-state index in [2.05, 4.69) is 4.98 Å². The van der Waals surface area contributed by atoms with Crippen molar-refractivity contribution in [2.75, 3.05) is 39.3 Å². The SMILES string of the molecule is O=C(c1cccc2ccccc12)N1CCC(C(=O)N2CCN(S(=O)(=O)c3cccnc3)CC2)CC1. The Morgan fingerprint density at radius 1 is 0.800 bits per heavy atom. The van der Waals surface area contributed by atoms with Crippen LogP contribution in [-0.4, -0.2) is 78.6 Å². The fourth-order valence-electron chi connectivity index (χ4n) is 4.97. The van der Waals surface area contributed by atoms with E-state index in [4.69, 9.17) is 0 Å². The monoisotopic (exact) mass is 492 g/mol. The van der Waals surface area contributed by atoms with Crippen molar-refractivity contribution in [1.29, 1.82) is 0 Å². The molecule has 0 aliphatic carbocycles. The molecule has 2 aliphatic rings. The van der Waals surface area contributed by atoms with Crippen LogP contribution < -0.4 is 0 Å². The molecule has 9 heteroatoms. The van der Waals surface area contributed by atoms with Crippen LogP contribution in [0.15, 0.2) is 71.9 Å². The van der Waals surface area contributed by atoms with Crippen molar-refractivity contribution in [3.63, 3.8) is 0 Å². The molecule has 8 nitrogen and oxygen atoms in total. The molecule has 2 amide bonds. The third kappa shape index (κ3) is 4.66. The number of pyridine rings is 1. The summed E-state index contributed by atoms with van der Waals surface area (Å²) in [6.07, 6.45) is 4.11. The third-order valence-electron chi connectivity index (χ3n) is 6.97. The molecule has 0 N–H and O–H groups in total. The van der Waals surface area contributed by atoms with Crippen molar-refractivity contribution in [1.82, 2.24) is 19.1 Å². The highest BCUT2D eigenvalue weighted by Gasteiger charge is 2.34. The van der Waals surface area contributed by atoms with Crippen LogP contribution in [0.3, 0.4) is 0 Å². The van der Waals surface area contributed by atoms with Gasteiger partial charge < -0.3 is 9.80 Å². The minimum absolute atomic E-state index is 0.00178. The number of benzene rings is 2. The van der Waals surface area contributed by atoms with Crippen molar-refractivity contribution in [2.24, 2.45) is 5.92 Å². The first-order valence-electron chi connectivity index (χ1n) is 11.9. The Hall–Kier alpha value is -3.30. The zero-order valence-electron chi connectivity index (χ0n) is 19.4. The predicted molar refractivity (Wildman–Crippen MR) is 132 cm³/mol. The molecule has 2 fully saturated rings. The van der Waals surface area contributed by atoms with Crippen LogP contribution in [0, 0.1) is 5.92 Å². The Morgan fingerprint density at radius 2 is 1.51 bits per heavy atom. The Kier molecular flexibility index (Phi) is 6.53. The van der Waals surface area contributed by atoms with Gasteiger partial charge in [-0.25, -0.2) is 8.42 Å². The fraction of sp³-hybridized carbons (Fsp3) is 0.346. The van der Waals surface area contributed by atoms with Gasteiger partial charge in [0, 0.05) is 63.1 Å². The Balaban J connectivity index is 1.17. The minimum atomic E-state index is -3.61. The number of piperazine rings is 1. The van der Waals surface area contributed by atoms with Gasteiger partial charge in [-0.2, -0.15) is 4.31 Å². The maximum atomic E-state index is 13.2. The van der Waals surface area contributed by atoms with E-state index in [9.17, 15) is 18.0 Å². The molecule has 0 saturated carbocycles. The second-order valence-electron chi connectivity index (χ2n) is 9.01. The van der Waals surface area contributed by atoms with Gasteiger partial charge in [0.15, 0.2) is 0 Å². The van der Waals surface area contributed by atoms with E-state index in [1.165, 1.54) is 22.8 Å². The number of hydrogen-bond acceptors (Lipinski definition) is 5. The number of carbonyl (C=O) groups is 2. The summed E-state index contributed by atoms with van der Waals surface area (Å²) in [4.78, 5) is 34.0. The van der Waals surface area contributed by atoms with Gasteiger partial charge in [0.2, 0.25) is 15.9 Å². The number of likely N-dealkylation sites (tertiary alicyclic amines) is 1. The first-order valence-corrected chi connectivity index (χ1v) is 13.3. The number of nitrogens with zero attached hydrogens (tertiary/aromatic N) is 4. The smallest absolute Gasteiger partial charge is 0.254 e. The summed E-state index contributed by atoms with van der Waals surface area (Å²) in [6, 6.07) is 16.8. The maximum Gasteiger partial charge on any atom is 0.254 e. The van der Waals surface area contributed by atoms with Crippen LogP contribution in [0.5, 0.6) is 0 Å². The molecule has 5 rings (SSSR count). The lowest BCUT2D eigenvalue weighted by Crippen LogP contribution is -2.53. The molecule has 1 aromatic heterocycles. The lowest BCUT2D eigenvalue weighted by Gasteiger charge is -2.38. The highest BCUT2D eigenvalue weighted by molar-refractivity contribution is 7.89. The highest BCUT2D eigenvalue weighted by Crippen LogP contribution is 2.25. The van der Waals surface area contributed by atoms with Gasteiger partial charge in [-0.1, -0.05) is 36.4 Å². The van der Waals surface area contributed by atoms with E-state index in [1.54, 1.807) is 11.0 Å². The normalized spacial score (nSPS) is 18.1. The Morgan fingerprint density at radius 3 is 2.23 bits per heavy atom. The molecular weight excluding hydrogens is 464 g/mol. The Bertz CT molecular complexity index is 1320. The summed E-state index contributed by atoms with van der Waals surface area (Å²) < 4.78 is 27.0. The summed E-state index contributed by atoms with van der Waals surface area (Å²) in [6.45, 7) is 2.34. The van der Waals surface area contributed by atoms with Crippen molar-refractivity contribution in [3.05, 3.63) is 72.6 Å². The van der Waals surface area contributed by atoms with Crippen LogP contribution in [0.4, 0.5) is 0 Å². The molecule has 2 aromatic carbocycles. The van der Waals surface area contributed by atoms with Gasteiger partial charge in [-0.3, -0.25) is 14.6 Å². The number of amides is 2. The van der Waals surface area contributed by atoms with E-state index in [0.29, 0.717) is 44.6 Å². The first-order chi connectivity index (χ1) is 16.9. The molecule has 0 spiro atoms. The number of carbonyl (C=O) groups excluding carboxylic acids is 2. The van der Waals surface area contributed by atoms with Crippen LogP contribution in [-0.2, 0) is 14.8 Å². The number of piperidine rings is 1. The number of rotatable bonds is 4. The highest BCUT2D eigenvalue weighted by atomic mass is 32.2. The van der Waals surface area contributed by atoms with Crippen molar-refractivity contribution in [2.45, 2.75) is 17.7 Å². The topological polar surface area (TPSA) is 90.9 Å². The van der Waals surface area contributed by atoms with E-state index in [1.807, 2.05) is 47.4 Å². The molecule has 0 radical (unpaired) electrons. The van der Waals surface area contributed by atoms with Crippen LogP contribution in [0.25, 0.3) is 10.8 Å². The number of sulfonamides is 1. The molecule has 2 saturated heterocycles. The van der Waals surface area contributed by atoms with Crippen LogP contribution >= 0.6 is 0 Å². The Labute approximate surface area is 205 Å². The van der Waals surface area contributed by atoms with E-state index in [-0.39, 0.29) is 35.7 Å². The molecule has 3 heterocycles. The molecule has 0 atom stereocenters. The largest absolute Gasteiger partial charge is 0.340 e. The number of hydrogen-bond donors (Lipinski definition) is 0. The average Bonchev–Trinajstić information content (AvgIpc) is 2.92. The third-order valence-corrected chi connectivity index (χ3v) is 8.86. The molecular formula is C26H28N4O4S. The van der Waals surface area contributed by atoms with Gasteiger partial charge in [-0.05, 0) is 41.8 Å². The maximum absolute atomic E-state index is 13.2. The van der Waals surface area contributed by atoms with Gasteiger partial charge in [0.25, 0.3) is 5.91 Å². The van der Waals surface area contributed by atoms with E-state index in [0.717, 1.165) is 10.8 Å². The molecule has 3 aromatic rings. The second-order valence-corrected chi connectivity index (χ2v) is 10.9. The molecule has 0 bridgehead atoms. The minimum Gasteiger partial charge on any atom is -0.340 e. The number of fused-ring (bicyclic) bond motifs is 1. The van der Waals surface area contributed by atoms with Gasteiger partial charge in [0.1, 0.15) is 4.90 Å². The summed E-state index contributed by atoms with van der Waals surface area (Å²) in [5.41, 5.74) is 0.693. The fourth-order valence-corrected chi connectivity index (χ4v) is 6.35. The molecule has 182 valence electrons. The summed E-state index contributed by atoms with van der Waals surface area (Å²) in [5.74, 6) is -0.0874. The van der Waals surface area contributed by atoms with E-state index >= 15 is 0 Å². The molecule has 2 aliphatic heterocycles. The van der Waals surface area contributed by atoms with Gasteiger partial charge in [0.05, 0.1) is 0 Å².